The molecule has 1 fully saturated rings. The van der Waals surface area contributed by atoms with Gasteiger partial charge in [0.2, 0.25) is 17.7 Å². The number of aromatic nitrogens is 5. The molecule has 12 heteroatoms. The molecule has 2 aromatic heterocycles. The van der Waals surface area contributed by atoms with E-state index in [1.165, 1.54) is 29.5 Å². The van der Waals surface area contributed by atoms with Gasteiger partial charge in [-0.05, 0) is 19.1 Å². The lowest BCUT2D eigenvalue weighted by Crippen LogP contribution is -2.37. The number of anilines is 1. The van der Waals surface area contributed by atoms with Gasteiger partial charge >= 0.3 is 0 Å². The lowest BCUT2D eigenvalue weighted by molar-refractivity contribution is -0.384. The zero-order valence-electron chi connectivity index (χ0n) is 18.3. The van der Waals surface area contributed by atoms with E-state index >= 15 is 0 Å². The molecule has 0 atom stereocenters. The molecule has 174 valence electrons. The summed E-state index contributed by atoms with van der Waals surface area (Å²) in [5.41, 5.74) is 2.62. The molecule has 0 spiro atoms. The fourth-order valence-corrected chi connectivity index (χ4v) is 4.34. The number of non-ortho nitro benzene ring substituents is 1. The molecule has 0 radical (unpaired) electrons. The van der Waals surface area contributed by atoms with Gasteiger partial charge in [0.25, 0.3) is 5.69 Å². The third-order valence-corrected chi connectivity index (χ3v) is 6.22. The molecule has 1 saturated heterocycles. The van der Waals surface area contributed by atoms with Crippen LogP contribution in [-0.4, -0.2) is 56.1 Å². The van der Waals surface area contributed by atoms with Crippen LogP contribution in [0.15, 0.2) is 58.2 Å². The highest BCUT2D eigenvalue weighted by Crippen LogP contribution is 2.30. The number of nitro benzene ring substituents is 1. The number of morpholine rings is 1. The van der Waals surface area contributed by atoms with Crippen molar-refractivity contribution in [2.24, 2.45) is 0 Å². The van der Waals surface area contributed by atoms with Gasteiger partial charge in [-0.3, -0.25) is 14.7 Å². The van der Waals surface area contributed by atoms with Crippen LogP contribution in [-0.2, 0) is 10.5 Å². The molecular formula is C22H21N7O4S. The van der Waals surface area contributed by atoms with Crippen molar-refractivity contribution < 1.29 is 14.2 Å². The minimum atomic E-state index is -0.454. The molecule has 0 bridgehead atoms. The molecule has 0 amide bonds. The minimum absolute atomic E-state index is 0.0277. The van der Waals surface area contributed by atoms with Crippen molar-refractivity contribution in [3.8, 4) is 17.1 Å². The van der Waals surface area contributed by atoms with Crippen LogP contribution in [0.5, 0.6) is 0 Å². The summed E-state index contributed by atoms with van der Waals surface area (Å²) in [6, 6.07) is 14.3. The smallest absolute Gasteiger partial charge is 0.270 e. The topological polar surface area (TPSA) is 125 Å². The summed E-state index contributed by atoms with van der Waals surface area (Å²) in [4.78, 5) is 17.2. The van der Waals surface area contributed by atoms with E-state index < -0.39 is 4.92 Å². The maximum absolute atomic E-state index is 11.0. The Morgan fingerprint density at radius 1 is 1.12 bits per heavy atom. The van der Waals surface area contributed by atoms with E-state index in [9.17, 15) is 10.1 Å². The summed E-state index contributed by atoms with van der Waals surface area (Å²) in [5, 5.41) is 24.6. The van der Waals surface area contributed by atoms with Crippen molar-refractivity contribution >= 4 is 23.4 Å². The number of nitro groups is 1. The van der Waals surface area contributed by atoms with E-state index in [4.69, 9.17) is 9.26 Å². The average molecular weight is 480 g/mol. The number of hydrogen-bond acceptors (Lipinski definition) is 10. The van der Waals surface area contributed by atoms with E-state index in [1.807, 2.05) is 23.6 Å². The molecule has 0 saturated carbocycles. The number of benzene rings is 2. The second kappa shape index (κ2) is 9.61. The van der Waals surface area contributed by atoms with Gasteiger partial charge in [-0.1, -0.05) is 46.7 Å². The van der Waals surface area contributed by atoms with Crippen LogP contribution in [0.4, 0.5) is 11.6 Å². The Morgan fingerprint density at radius 3 is 2.68 bits per heavy atom. The summed E-state index contributed by atoms with van der Waals surface area (Å²) in [6.45, 7) is 4.82. The standard InChI is InChI=1S/C22H21N7O4S/c1-15-5-7-17(8-6-15)28-21(27-9-11-32-12-10-27)24-25-22(28)34-14-19-23-20(26-33-19)16-3-2-4-18(13-16)29(30)31/h2-8,13H,9-12,14H2,1H3. The van der Waals surface area contributed by atoms with Gasteiger partial charge in [0, 0.05) is 30.8 Å². The minimum Gasteiger partial charge on any atom is -0.378 e. The molecule has 1 aliphatic rings. The van der Waals surface area contributed by atoms with E-state index in [-0.39, 0.29) is 5.69 Å². The first-order valence-electron chi connectivity index (χ1n) is 10.6. The number of hydrogen-bond donors (Lipinski definition) is 0. The Morgan fingerprint density at radius 2 is 1.91 bits per heavy atom. The third-order valence-electron chi connectivity index (χ3n) is 5.31. The fourth-order valence-electron chi connectivity index (χ4n) is 3.56. The van der Waals surface area contributed by atoms with E-state index in [0.717, 1.165) is 24.7 Å². The molecule has 3 heterocycles. The lowest BCUT2D eigenvalue weighted by Gasteiger charge is -2.27. The second-order valence-corrected chi connectivity index (χ2v) is 8.60. The highest BCUT2D eigenvalue weighted by Gasteiger charge is 2.22. The van der Waals surface area contributed by atoms with Gasteiger partial charge in [0.15, 0.2) is 5.16 Å². The Hall–Kier alpha value is -3.77. The van der Waals surface area contributed by atoms with Gasteiger partial charge in [0.1, 0.15) is 0 Å². The molecule has 4 aromatic rings. The van der Waals surface area contributed by atoms with Crippen LogP contribution < -0.4 is 4.90 Å². The number of aryl methyl sites for hydroxylation is 1. The van der Waals surface area contributed by atoms with Gasteiger partial charge in [-0.2, -0.15) is 4.98 Å². The average Bonchev–Trinajstić information content (AvgIpc) is 3.51. The maximum Gasteiger partial charge on any atom is 0.270 e. The van der Waals surface area contributed by atoms with Crippen LogP contribution in [0.2, 0.25) is 0 Å². The van der Waals surface area contributed by atoms with Crippen LogP contribution in [0.25, 0.3) is 17.1 Å². The normalized spacial score (nSPS) is 13.9. The zero-order chi connectivity index (χ0) is 23.5. The molecule has 0 aliphatic carbocycles. The van der Waals surface area contributed by atoms with Crippen molar-refractivity contribution in [3.63, 3.8) is 0 Å². The number of rotatable bonds is 7. The lowest BCUT2D eigenvalue weighted by atomic mass is 10.2. The fraction of sp³-hybridized carbons (Fsp3) is 0.273. The van der Waals surface area contributed by atoms with Gasteiger partial charge in [-0.25, -0.2) is 0 Å². The Kier molecular flexibility index (Phi) is 6.23. The highest BCUT2D eigenvalue weighted by atomic mass is 32.2. The Balaban J connectivity index is 1.39. The summed E-state index contributed by atoms with van der Waals surface area (Å²) in [7, 11) is 0. The number of ether oxygens (including phenoxy) is 1. The van der Waals surface area contributed by atoms with Crippen molar-refractivity contribution in [2.45, 2.75) is 17.8 Å². The SMILES string of the molecule is Cc1ccc(-n2c(SCc3nc(-c4cccc([N+](=O)[O-])c4)no3)nnc2N2CCOCC2)cc1. The van der Waals surface area contributed by atoms with Crippen molar-refractivity contribution in [1.29, 1.82) is 0 Å². The summed E-state index contributed by atoms with van der Waals surface area (Å²) in [5.74, 6) is 1.82. The molecule has 1 aliphatic heterocycles. The predicted molar refractivity (Wildman–Crippen MR) is 125 cm³/mol. The first-order chi connectivity index (χ1) is 16.6. The van der Waals surface area contributed by atoms with E-state index in [1.54, 1.807) is 12.1 Å². The summed E-state index contributed by atoms with van der Waals surface area (Å²) < 4.78 is 12.9. The van der Waals surface area contributed by atoms with E-state index in [0.29, 0.717) is 41.4 Å². The first-order valence-corrected chi connectivity index (χ1v) is 11.6. The molecule has 2 aromatic carbocycles. The molecule has 0 N–H and O–H groups in total. The van der Waals surface area contributed by atoms with Crippen LogP contribution >= 0.6 is 11.8 Å². The molecule has 0 unspecified atom stereocenters. The van der Waals surface area contributed by atoms with Crippen molar-refractivity contribution in [1.82, 2.24) is 24.9 Å². The van der Waals surface area contributed by atoms with Gasteiger partial charge in [0.05, 0.1) is 29.6 Å². The number of nitrogens with zero attached hydrogens (tertiary/aromatic N) is 7. The van der Waals surface area contributed by atoms with Gasteiger partial charge in [-0.15, -0.1) is 10.2 Å². The quantitative estimate of drug-likeness (QED) is 0.220. The van der Waals surface area contributed by atoms with Crippen LogP contribution in [0.1, 0.15) is 11.5 Å². The number of thioether (sulfide) groups is 1. The van der Waals surface area contributed by atoms with Gasteiger partial charge < -0.3 is 14.2 Å². The third kappa shape index (κ3) is 4.63. The zero-order valence-corrected chi connectivity index (χ0v) is 19.1. The highest BCUT2D eigenvalue weighted by molar-refractivity contribution is 7.98. The summed E-state index contributed by atoms with van der Waals surface area (Å²) >= 11 is 1.43. The van der Waals surface area contributed by atoms with Crippen molar-refractivity contribution in [2.75, 3.05) is 31.2 Å². The molecule has 5 rings (SSSR count). The first kappa shape index (κ1) is 22.0. The predicted octanol–water partition coefficient (Wildman–Crippen LogP) is 3.66. The Bertz CT molecular complexity index is 1300. The van der Waals surface area contributed by atoms with Crippen LogP contribution in [0, 0.1) is 17.0 Å². The maximum atomic E-state index is 11.0. The Labute approximate surface area is 198 Å². The second-order valence-electron chi connectivity index (χ2n) is 7.66. The molecule has 34 heavy (non-hydrogen) atoms. The summed E-state index contributed by atoms with van der Waals surface area (Å²) in [6.07, 6.45) is 0. The molecule has 11 nitrogen and oxygen atoms in total. The van der Waals surface area contributed by atoms with Crippen LogP contribution in [0.3, 0.4) is 0 Å². The van der Waals surface area contributed by atoms with E-state index in [2.05, 4.69) is 37.4 Å². The largest absolute Gasteiger partial charge is 0.378 e. The molecular weight excluding hydrogens is 458 g/mol. The monoisotopic (exact) mass is 479 g/mol. The van der Waals surface area contributed by atoms with Crippen molar-refractivity contribution in [3.05, 3.63) is 70.1 Å².